The van der Waals surface area contributed by atoms with Crippen LogP contribution >= 0.6 is 0 Å². The van der Waals surface area contributed by atoms with E-state index in [0.29, 0.717) is 5.75 Å². The van der Waals surface area contributed by atoms with E-state index >= 15 is 0 Å². The molecule has 0 amide bonds. The highest BCUT2D eigenvalue weighted by Gasteiger charge is 2.09. The molecule has 19 heavy (non-hydrogen) atoms. The molecular formula is C16H13NO2. The molecule has 3 aromatic rings. The average molecular weight is 251 g/mol. The Hall–Kier alpha value is -2.55. The van der Waals surface area contributed by atoms with Gasteiger partial charge in [-0.2, -0.15) is 0 Å². The summed E-state index contributed by atoms with van der Waals surface area (Å²) < 4.78 is 5.43. The predicted octanol–water partition coefficient (Wildman–Crippen LogP) is 3.32. The molecule has 3 nitrogen and oxygen atoms in total. The van der Waals surface area contributed by atoms with E-state index < -0.39 is 0 Å². The molecule has 0 atom stereocenters. The number of aromatic nitrogens is 1. The average Bonchev–Trinajstić information content (AvgIpc) is 2.89. The van der Waals surface area contributed by atoms with Crippen molar-refractivity contribution in [2.45, 2.75) is 6.42 Å². The predicted molar refractivity (Wildman–Crippen MR) is 74.1 cm³/mol. The molecule has 1 aromatic heterocycles. The van der Waals surface area contributed by atoms with Crippen LogP contribution in [0, 0.1) is 0 Å². The van der Waals surface area contributed by atoms with Crippen molar-refractivity contribution < 1.29 is 9.53 Å². The van der Waals surface area contributed by atoms with Crippen molar-refractivity contribution in [3.8, 4) is 5.75 Å². The van der Waals surface area contributed by atoms with E-state index in [1.807, 2.05) is 54.7 Å². The standard InChI is InChI=1S/C16H13NO2/c18-16(11-12-5-2-1-3-6-12)19-15-8-4-7-14-13(15)9-10-17-14/h1-10,17H,11H2. The summed E-state index contributed by atoms with van der Waals surface area (Å²) in [6, 6.07) is 17.1. The van der Waals surface area contributed by atoms with E-state index in [2.05, 4.69) is 4.98 Å². The van der Waals surface area contributed by atoms with Gasteiger partial charge in [0.05, 0.1) is 6.42 Å². The van der Waals surface area contributed by atoms with Gasteiger partial charge in [0.1, 0.15) is 5.75 Å². The summed E-state index contributed by atoms with van der Waals surface area (Å²) in [6.07, 6.45) is 2.11. The van der Waals surface area contributed by atoms with Gasteiger partial charge in [-0.1, -0.05) is 36.4 Å². The molecule has 0 saturated carbocycles. The number of benzene rings is 2. The Labute approximate surface area is 110 Å². The fourth-order valence-electron chi connectivity index (χ4n) is 2.07. The Balaban J connectivity index is 1.78. The van der Waals surface area contributed by atoms with E-state index in [-0.39, 0.29) is 12.4 Å². The van der Waals surface area contributed by atoms with Crippen molar-refractivity contribution in [1.29, 1.82) is 0 Å². The molecule has 0 aliphatic heterocycles. The minimum Gasteiger partial charge on any atom is -0.426 e. The normalized spacial score (nSPS) is 10.5. The third kappa shape index (κ3) is 2.50. The minimum atomic E-state index is -0.250. The fraction of sp³-hybridized carbons (Fsp3) is 0.0625. The van der Waals surface area contributed by atoms with Crippen LogP contribution < -0.4 is 4.74 Å². The van der Waals surface area contributed by atoms with E-state index in [1.165, 1.54) is 0 Å². The molecule has 0 aliphatic carbocycles. The van der Waals surface area contributed by atoms with Crippen LogP contribution in [0.1, 0.15) is 5.56 Å². The highest BCUT2D eigenvalue weighted by Crippen LogP contribution is 2.24. The van der Waals surface area contributed by atoms with Crippen LogP contribution in [-0.4, -0.2) is 11.0 Å². The molecule has 94 valence electrons. The molecule has 0 fully saturated rings. The lowest BCUT2D eigenvalue weighted by molar-refractivity contribution is -0.133. The van der Waals surface area contributed by atoms with Crippen LogP contribution in [0.4, 0.5) is 0 Å². The van der Waals surface area contributed by atoms with Crippen LogP contribution in [0.15, 0.2) is 60.8 Å². The lowest BCUT2D eigenvalue weighted by atomic mass is 10.1. The van der Waals surface area contributed by atoms with Gasteiger partial charge in [-0.3, -0.25) is 4.79 Å². The third-order valence-corrected chi connectivity index (χ3v) is 2.97. The van der Waals surface area contributed by atoms with Crippen molar-refractivity contribution in [2.24, 2.45) is 0 Å². The van der Waals surface area contributed by atoms with Crippen LogP contribution in [0.5, 0.6) is 5.75 Å². The highest BCUT2D eigenvalue weighted by molar-refractivity contribution is 5.88. The molecule has 0 aliphatic rings. The van der Waals surface area contributed by atoms with E-state index in [1.54, 1.807) is 6.07 Å². The quantitative estimate of drug-likeness (QED) is 0.573. The van der Waals surface area contributed by atoms with Gasteiger partial charge in [0.25, 0.3) is 0 Å². The topological polar surface area (TPSA) is 42.1 Å². The Morgan fingerprint density at radius 3 is 2.68 bits per heavy atom. The number of H-pyrrole nitrogens is 1. The molecule has 1 heterocycles. The smallest absolute Gasteiger partial charge is 0.315 e. The number of aromatic amines is 1. The summed E-state index contributed by atoms with van der Waals surface area (Å²) in [5.74, 6) is 0.347. The second-order valence-electron chi connectivity index (χ2n) is 4.33. The maximum atomic E-state index is 11.9. The summed E-state index contributed by atoms with van der Waals surface area (Å²) >= 11 is 0. The van der Waals surface area contributed by atoms with E-state index in [4.69, 9.17) is 4.74 Å². The first-order valence-corrected chi connectivity index (χ1v) is 6.13. The van der Waals surface area contributed by atoms with E-state index in [9.17, 15) is 4.79 Å². The van der Waals surface area contributed by atoms with Crippen LogP contribution in [0.2, 0.25) is 0 Å². The first kappa shape index (κ1) is 11.5. The van der Waals surface area contributed by atoms with Gasteiger partial charge < -0.3 is 9.72 Å². The summed E-state index contributed by atoms with van der Waals surface area (Å²) in [5.41, 5.74) is 1.92. The Kier molecular flexibility index (Phi) is 3.02. The first-order valence-electron chi connectivity index (χ1n) is 6.13. The number of ether oxygens (including phenoxy) is 1. The largest absolute Gasteiger partial charge is 0.426 e. The third-order valence-electron chi connectivity index (χ3n) is 2.97. The Morgan fingerprint density at radius 2 is 1.84 bits per heavy atom. The summed E-state index contributed by atoms with van der Waals surface area (Å²) in [7, 11) is 0. The number of hydrogen-bond donors (Lipinski definition) is 1. The van der Waals surface area contributed by atoms with Gasteiger partial charge in [-0.05, 0) is 23.8 Å². The van der Waals surface area contributed by atoms with Crippen LogP contribution in [0.3, 0.4) is 0 Å². The Morgan fingerprint density at radius 1 is 1.00 bits per heavy atom. The van der Waals surface area contributed by atoms with Crippen molar-refractivity contribution in [1.82, 2.24) is 4.98 Å². The van der Waals surface area contributed by atoms with Crippen molar-refractivity contribution >= 4 is 16.9 Å². The summed E-state index contributed by atoms with van der Waals surface area (Å²) in [4.78, 5) is 15.0. The van der Waals surface area contributed by atoms with Crippen molar-refractivity contribution in [3.05, 3.63) is 66.4 Å². The number of carbonyl (C=O) groups is 1. The van der Waals surface area contributed by atoms with Crippen molar-refractivity contribution in [3.63, 3.8) is 0 Å². The summed E-state index contributed by atoms with van der Waals surface area (Å²) in [5, 5.41) is 0.920. The number of nitrogens with one attached hydrogen (secondary N) is 1. The molecule has 2 aromatic carbocycles. The van der Waals surface area contributed by atoms with Gasteiger partial charge in [0.2, 0.25) is 0 Å². The molecule has 0 spiro atoms. The lowest BCUT2D eigenvalue weighted by Crippen LogP contribution is -2.11. The van der Waals surface area contributed by atoms with Gasteiger partial charge in [0, 0.05) is 17.1 Å². The molecule has 0 radical (unpaired) electrons. The number of carbonyl (C=O) groups excluding carboxylic acids is 1. The van der Waals surface area contributed by atoms with Crippen molar-refractivity contribution in [2.75, 3.05) is 0 Å². The van der Waals surface area contributed by atoms with Crippen LogP contribution in [0.25, 0.3) is 10.9 Å². The Bertz CT molecular complexity index is 701. The van der Waals surface area contributed by atoms with Gasteiger partial charge in [-0.15, -0.1) is 0 Å². The zero-order chi connectivity index (χ0) is 13.1. The van der Waals surface area contributed by atoms with E-state index in [0.717, 1.165) is 16.5 Å². The molecule has 0 saturated heterocycles. The second kappa shape index (κ2) is 4.98. The molecule has 3 heteroatoms. The second-order valence-corrected chi connectivity index (χ2v) is 4.33. The molecule has 1 N–H and O–H groups in total. The molecule has 3 rings (SSSR count). The first-order chi connectivity index (χ1) is 9.33. The maximum absolute atomic E-state index is 11.9. The van der Waals surface area contributed by atoms with Crippen LogP contribution in [-0.2, 0) is 11.2 Å². The molecule has 0 unspecified atom stereocenters. The number of fused-ring (bicyclic) bond motifs is 1. The highest BCUT2D eigenvalue weighted by atomic mass is 16.5. The number of hydrogen-bond acceptors (Lipinski definition) is 2. The zero-order valence-electron chi connectivity index (χ0n) is 10.3. The van der Waals surface area contributed by atoms with Gasteiger partial charge in [-0.25, -0.2) is 0 Å². The maximum Gasteiger partial charge on any atom is 0.315 e. The fourth-order valence-corrected chi connectivity index (χ4v) is 2.07. The number of esters is 1. The van der Waals surface area contributed by atoms with Gasteiger partial charge >= 0.3 is 5.97 Å². The SMILES string of the molecule is O=C(Cc1ccccc1)Oc1cccc2[nH]ccc12. The molecule has 0 bridgehead atoms. The minimum absolute atomic E-state index is 0.250. The lowest BCUT2D eigenvalue weighted by Gasteiger charge is -2.05. The zero-order valence-corrected chi connectivity index (χ0v) is 10.3. The van der Waals surface area contributed by atoms with Gasteiger partial charge in [0.15, 0.2) is 0 Å². The summed E-state index contributed by atoms with van der Waals surface area (Å²) in [6.45, 7) is 0. The monoisotopic (exact) mass is 251 g/mol. The number of rotatable bonds is 3. The molecular weight excluding hydrogens is 238 g/mol.